The standard InChI is InChI=1S/C15H23NO6/c1-4-11(17)22-9-15(2,3)12(18)13(19)16-8-6-5-7-10(16)14(20)21/h4,10,13,19H,1,5-9H2,2-3H3,(H,20,21)/t10-,13?/m0/s1. The van der Waals surface area contributed by atoms with Crippen LogP contribution in [0.15, 0.2) is 12.7 Å². The summed E-state index contributed by atoms with van der Waals surface area (Å²) in [6.45, 7) is 6.47. The van der Waals surface area contributed by atoms with Crippen molar-refractivity contribution in [3.8, 4) is 0 Å². The second kappa shape index (κ2) is 7.51. The van der Waals surface area contributed by atoms with Gasteiger partial charge in [-0.2, -0.15) is 0 Å². The number of ether oxygens (including phenoxy) is 1. The van der Waals surface area contributed by atoms with E-state index in [1.807, 2.05) is 0 Å². The number of aliphatic hydroxyl groups excluding tert-OH is 1. The average Bonchev–Trinajstić information content (AvgIpc) is 2.51. The summed E-state index contributed by atoms with van der Waals surface area (Å²) in [5, 5.41) is 19.5. The van der Waals surface area contributed by atoms with Crippen LogP contribution in [0.2, 0.25) is 0 Å². The molecule has 0 radical (unpaired) electrons. The predicted octanol–water partition coefficient (Wildman–Crippen LogP) is 0.568. The van der Waals surface area contributed by atoms with Crippen molar-refractivity contribution in [2.24, 2.45) is 5.41 Å². The third kappa shape index (κ3) is 4.38. The molecule has 2 atom stereocenters. The number of carboxylic acid groups (broad SMARTS) is 1. The lowest BCUT2D eigenvalue weighted by Crippen LogP contribution is -2.56. The molecule has 1 rings (SSSR count). The molecule has 1 aliphatic heterocycles. The highest BCUT2D eigenvalue weighted by Crippen LogP contribution is 2.25. The van der Waals surface area contributed by atoms with Gasteiger partial charge in [0.05, 0.1) is 5.41 Å². The van der Waals surface area contributed by atoms with Crippen LogP contribution in [0.5, 0.6) is 0 Å². The van der Waals surface area contributed by atoms with Gasteiger partial charge in [0.25, 0.3) is 0 Å². The van der Waals surface area contributed by atoms with Gasteiger partial charge in [-0.25, -0.2) is 4.79 Å². The Kier molecular flexibility index (Phi) is 6.25. The number of carbonyl (C=O) groups excluding carboxylic acids is 2. The van der Waals surface area contributed by atoms with Crippen molar-refractivity contribution in [2.75, 3.05) is 13.2 Å². The van der Waals surface area contributed by atoms with E-state index in [2.05, 4.69) is 6.58 Å². The van der Waals surface area contributed by atoms with E-state index in [4.69, 9.17) is 4.74 Å². The van der Waals surface area contributed by atoms with Gasteiger partial charge in [-0.3, -0.25) is 14.5 Å². The van der Waals surface area contributed by atoms with Crippen LogP contribution in [0, 0.1) is 5.41 Å². The molecule has 1 heterocycles. The van der Waals surface area contributed by atoms with Crippen molar-refractivity contribution >= 4 is 17.7 Å². The highest BCUT2D eigenvalue weighted by atomic mass is 16.5. The maximum absolute atomic E-state index is 12.4. The van der Waals surface area contributed by atoms with Crippen molar-refractivity contribution in [1.82, 2.24) is 4.90 Å². The summed E-state index contributed by atoms with van der Waals surface area (Å²) in [6.07, 6.45) is 1.32. The normalized spacial score (nSPS) is 21.0. The van der Waals surface area contributed by atoms with Crippen LogP contribution < -0.4 is 0 Å². The van der Waals surface area contributed by atoms with Crippen molar-refractivity contribution in [2.45, 2.75) is 45.4 Å². The molecule has 0 bridgehead atoms. The smallest absolute Gasteiger partial charge is 0.330 e. The second-order valence-electron chi connectivity index (χ2n) is 6.02. The van der Waals surface area contributed by atoms with Crippen LogP contribution in [-0.4, -0.2) is 58.3 Å². The lowest BCUT2D eigenvalue weighted by Gasteiger charge is -2.38. The molecule has 0 aromatic heterocycles. The predicted molar refractivity (Wildman–Crippen MR) is 77.9 cm³/mol. The van der Waals surface area contributed by atoms with Crippen LogP contribution in [0.25, 0.3) is 0 Å². The fourth-order valence-electron chi connectivity index (χ4n) is 2.39. The number of aliphatic carboxylic acids is 1. The van der Waals surface area contributed by atoms with E-state index in [1.54, 1.807) is 0 Å². The fourth-order valence-corrected chi connectivity index (χ4v) is 2.39. The van der Waals surface area contributed by atoms with E-state index >= 15 is 0 Å². The van der Waals surface area contributed by atoms with Crippen molar-refractivity contribution in [3.63, 3.8) is 0 Å². The summed E-state index contributed by atoms with van der Waals surface area (Å²) in [5.41, 5.74) is -1.13. The second-order valence-corrected chi connectivity index (χ2v) is 6.02. The molecule has 0 aromatic rings. The number of piperidine rings is 1. The van der Waals surface area contributed by atoms with E-state index < -0.39 is 35.4 Å². The summed E-state index contributed by atoms with van der Waals surface area (Å²) < 4.78 is 4.87. The number of ketones is 1. The Bertz CT molecular complexity index is 459. The van der Waals surface area contributed by atoms with Crippen LogP contribution in [0.4, 0.5) is 0 Å². The van der Waals surface area contributed by atoms with E-state index in [0.717, 1.165) is 18.9 Å². The first-order valence-electron chi connectivity index (χ1n) is 7.21. The van der Waals surface area contributed by atoms with Crippen molar-refractivity contribution < 1.29 is 29.3 Å². The minimum absolute atomic E-state index is 0.209. The lowest BCUT2D eigenvalue weighted by atomic mass is 9.86. The highest BCUT2D eigenvalue weighted by molar-refractivity contribution is 5.89. The molecule has 0 amide bonds. The molecule has 7 heteroatoms. The van der Waals surface area contributed by atoms with Gasteiger partial charge in [0.2, 0.25) is 0 Å². The van der Waals surface area contributed by atoms with Gasteiger partial charge in [0, 0.05) is 12.6 Å². The molecular formula is C15H23NO6. The zero-order chi connectivity index (χ0) is 16.9. The molecule has 0 saturated carbocycles. The molecule has 1 unspecified atom stereocenters. The number of esters is 1. The Balaban J connectivity index is 2.78. The number of likely N-dealkylation sites (tertiary alicyclic amines) is 1. The van der Waals surface area contributed by atoms with Gasteiger partial charge < -0.3 is 14.9 Å². The van der Waals surface area contributed by atoms with Crippen LogP contribution in [-0.2, 0) is 19.1 Å². The average molecular weight is 313 g/mol. The van der Waals surface area contributed by atoms with E-state index in [-0.39, 0.29) is 6.61 Å². The van der Waals surface area contributed by atoms with Gasteiger partial charge in [-0.05, 0) is 26.7 Å². The SMILES string of the molecule is C=CC(=O)OCC(C)(C)C(=O)C(O)N1CCCC[C@H]1C(=O)O. The number of hydrogen-bond donors (Lipinski definition) is 2. The first-order chi connectivity index (χ1) is 10.2. The molecular weight excluding hydrogens is 290 g/mol. The molecule has 1 fully saturated rings. The first-order valence-corrected chi connectivity index (χ1v) is 7.21. The Hall–Kier alpha value is -1.73. The summed E-state index contributed by atoms with van der Waals surface area (Å²) in [4.78, 5) is 36.1. The van der Waals surface area contributed by atoms with Crippen LogP contribution in [0.1, 0.15) is 33.1 Å². The maximum Gasteiger partial charge on any atom is 0.330 e. The minimum atomic E-state index is -1.53. The number of hydrogen-bond acceptors (Lipinski definition) is 6. The number of carboxylic acids is 1. The molecule has 22 heavy (non-hydrogen) atoms. The molecule has 1 saturated heterocycles. The zero-order valence-corrected chi connectivity index (χ0v) is 12.9. The number of nitrogens with zero attached hydrogens (tertiary/aromatic N) is 1. The Labute approximate surface area is 129 Å². The van der Waals surface area contributed by atoms with Gasteiger partial charge in [0.15, 0.2) is 12.0 Å². The van der Waals surface area contributed by atoms with Crippen molar-refractivity contribution in [1.29, 1.82) is 0 Å². The molecule has 0 aliphatic carbocycles. The Morgan fingerprint density at radius 1 is 1.41 bits per heavy atom. The van der Waals surface area contributed by atoms with Crippen molar-refractivity contribution in [3.05, 3.63) is 12.7 Å². The monoisotopic (exact) mass is 313 g/mol. The summed E-state index contributed by atoms with van der Waals surface area (Å²) in [7, 11) is 0. The summed E-state index contributed by atoms with van der Waals surface area (Å²) in [5.74, 6) is -2.28. The molecule has 1 aliphatic rings. The molecule has 7 nitrogen and oxygen atoms in total. The maximum atomic E-state index is 12.4. The Morgan fingerprint density at radius 2 is 2.05 bits per heavy atom. The van der Waals surface area contributed by atoms with E-state index in [1.165, 1.54) is 18.7 Å². The van der Waals surface area contributed by atoms with Gasteiger partial charge >= 0.3 is 11.9 Å². The van der Waals surface area contributed by atoms with Gasteiger partial charge in [-0.15, -0.1) is 0 Å². The lowest BCUT2D eigenvalue weighted by molar-refractivity contribution is -0.163. The fraction of sp³-hybridized carbons (Fsp3) is 0.667. The number of carbonyl (C=O) groups is 3. The van der Waals surface area contributed by atoms with Crippen LogP contribution in [0.3, 0.4) is 0 Å². The quantitative estimate of drug-likeness (QED) is 0.523. The molecule has 2 N–H and O–H groups in total. The third-order valence-electron chi connectivity index (χ3n) is 3.79. The number of Topliss-reactive ketones (excluding diaryl/α,β-unsaturated/α-hetero) is 1. The van der Waals surface area contributed by atoms with Crippen LogP contribution >= 0.6 is 0 Å². The van der Waals surface area contributed by atoms with E-state index in [9.17, 15) is 24.6 Å². The highest BCUT2D eigenvalue weighted by Gasteiger charge is 2.41. The largest absolute Gasteiger partial charge is 0.480 e. The summed E-state index contributed by atoms with van der Waals surface area (Å²) >= 11 is 0. The third-order valence-corrected chi connectivity index (χ3v) is 3.79. The molecule has 0 aromatic carbocycles. The minimum Gasteiger partial charge on any atom is -0.480 e. The summed E-state index contributed by atoms with van der Waals surface area (Å²) in [6, 6.07) is -0.876. The molecule has 0 spiro atoms. The number of aliphatic hydroxyl groups is 1. The Morgan fingerprint density at radius 3 is 2.59 bits per heavy atom. The first kappa shape index (κ1) is 18.3. The van der Waals surface area contributed by atoms with Gasteiger partial charge in [-0.1, -0.05) is 13.0 Å². The topological polar surface area (TPSA) is 104 Å². The van der Waals surface area contributed by atoms with E-state index in [0.29, 0.717) is 13.0 Å². The zero-order valence-electron chi connectivity index (χ0n) is 12.9. The van der Waals surface area contributed by atoms with Gasteiger partial charge in [0.1, 0.15) is 12.6 Å². The number of rotatable bonds is 7. The molecule has 124 valence electrons.